The minimum atomic E-state index is -0.395. The van der Waals surface area contributed by atoms with Crippen molar-refractivity contribution in [3.8, 4) is 0 Å². The van der Waals surface area contributed by atoms with Crippen molar-refractivity contribution >= 4 is 68.7 Å². The Morgan fingerprint density at radius 3 is 2.59 bits per heavy atom. The van der Waals surface area contributed by atoms with E-state index in [2.05, 4.69) is 21.3 Å². The molecule has 0 radical (unpaired) electrons. The smallest absolute Gasteiger partial charge is 0.258 e. The summed E-state index contributed by atoms with van der Waals surface area (Å²) in [7, 11) is 3.63. The number of rotatable bonds is 5. The number of pyridine rings is 1. The first-order chi connectivity index (χ1) is 15.3. The van der Waals surface area contributed by atoms with E-state index in [9.17, 15) is 4.79 Å². The molecule has 2 aromatic carbocycles. The standard InChI is InChI=1S/C23H22Cl2N4O2S/c1-13-9-15-20(18(10-13)27-22(30)19-16(24)5-4-6-17(19)25)26-11-14(12-31-3)21(15)29-8-7-28(2)23(29)32/h4-6,9-11H,7-8,12H2,1-3H3,(H,27,30). The van der Waals surface area contributed by atoms with Crippen molar-refractivity contribution < 1.29 is 9.53 Å². The monoisotopic (exact) mass is 488 g/mol. The van der Waals surface area contributed by atoms with E-state index in [1.54, 1.807) is 31.5 Å². The Morgan fingerprint density at radius 2 is 1.97 bits per heavy atom. The van der Waals surface area contributed by atoms with Crippen LogP contribution in [0.2, 0.25) is 10.0 Å². The first-order valence-corrected chi connectivity index (χ1v) is 11.2. The van der Waals surface area contributed by atoms with Crippen molar-refractivity contribution in [1.29, 1.82) is 0 Å². The molecule has 32 heavy (non-hydrogen) atoms. The summed E-state index contributed by atoms with van der Waals surface area (Å²) in [6, 6.07) is 8.90. The number of amides is 1. The van der Waals surface area contributed by atoms with Crippen molar-refractivity contribution in [3.05, 3.63) is 63.3 Å². The van der Waals surface area contributed by atoms with Gasteiger partial charge in [0.2, 0.25) is 0 Å². The zero-order valence-corrected chi connectivity index (χ0v) is 20.2. The number of nitrogens with one attached hydrogen (secondary N) is 1. The lowest BCUT2D eigenvalue weighted by molar-refractivity contribution is 0.102. The van der Waals surface area contributed by atoms with E-state index >= 15 is 0 Å². The van der Waals surface area contributed by atoms with Gasteiger partial charge in [-0.05, 0) is 49.0 Å². The summed E-state index contributed by atoms with van der Waals surface area (Å²) < 4.78 is 5.43. The maximum absolute atomic E-state index is 13.1. The Kier molecular flexibility index (Phi) is 6.53. The fourth-order valence-electron chi connectivity index (χ4n) is 3.90. The van der Waals surface area contributed by atoms with Crippen molar-refractivity contribution in [2.24, 2.45) is 0 Å². The predicted octanol–water partition coefficient (Wildman–Crippen LogP) is 5.29. The van der Waals surface area contributed by atoms with Gasteiger partial charge in [0.05, 0.1) is 39.1 Å². The van der Waals surface area contributed by atoms with Crippen LogP contribution in [0.3, 0.4) is 0 Å². The van der Waals surface area contributed by atoms with Crippen LogP contribution < -0.4 is 10.2 Å². The highest BCUT2D eigenvalue weighted by molar-refractivity contribution is 7.80. The average Bonchev–Trinajstić information content (AvgIpc) is 3.06. The second-order valence-corrected chi connectivity index (χ2v) is 8.86. The number of methoxy groups -OCH3 is 1. The number of hydrogen-bond acceptors (Lipinski definition) is 4. The number of aromatic nitrogens is 1. The second kappa shape index (κ2) is 9.19. The fraction of sp³-hybridized carbons (Fsp3) is 0.261. The summed E-state index contributed by atoms with van der Waals surface area (Å²) in [5.41, 5.74) is 4.29. The molecule has 2 heterocycles. The largest absolute Gasteiger partial charge is 0.380 e. The third-order valence-corrected chi connectivity index (χ3v) is 6.55. The minimum absolute atomic E-state index is 0.226. The van der Waals surface area contributed by atoms with Crippen LogP contribution in [0.5, 0.6) is 0 Å². The number of carbonyl (C=O) groups excluding carboxylic acids is 1. The van der Waals surface area contributed by atoms with Crippen LogP contribution in [0.25, 0.3) is 10.9 Å². The lowest BCUT2D eigenvalue weighted by Crippen LogP contribution is -2.30. The molecule has 1 aromatic heterocycles. The highest BCUT2D eigenvalue weighted by Gasteiger charge is 2.28. The quantitative estimate of drug-likeness (QED) is 0.492. The van der Waals surface area contributed by atoms with E-state index < -0.39 is 5.91 Å². The van der Waals surface area contributed by atoms with Crippen LogP contribution in [0.15, 0.2) is 36.5 Å². The summed E-state index contributed by atoms with van der Waals surface area (Å²) in [4.78, 5) is 21.9. The van der Waals surface area contributed by atoms with Crippen LogP contribution in [0.4, 0.5) is 11.4 Å². The van der Waals surface area contributed by atoms with Crippen LogP contribution in [-0.4, -0.2) is 48.2 Å². The van der Waals surface area contributed by atoms with Crippen molar-refractivity contribution in [1.82, 2.24) is 9.88 Å². The first kappa shape index (κ1) is 22.7. The molecule has 0 bridgehead atoms. The SMILES string of the molecule is COCc1cnc2c(NC(=O)c3c(Cl)cccc3Cl)cc(C)cc2c1N1CCN(C)C1=S. The zero-order valence-electron chi connectivity index (χ0n) is 17.9. The topological polar surface area (TPSA) is 57.7 Å². The Balaban J connectivity index is 1.86. The Labute approximate surface area is 202 Å². The molecule has 0 aliphatic carbocycles. The van der Waals surface area contributed by atoms with Gasteiger partial charge in [0, 0.05) is 44.4 Å². The molecular weight excluding hydrogens is 467 g/mol. The summed E-state index contributed by atoms with van der Waals surface area (Å²) in [6.07, 6.45) is 1.77. The van der Waals surface area contributed by atoms with Gasteiger partial charge in [-0.3, -0.25) is 9.78 Å². The molecular formula is C23H22Cl2N4O2S. The Hall–Kier alpha value is -2.45. The highest BCUT2D eigenvalue weighted by atomic mass is 35.5. The second-order valence-electron chi connectivity index (χ2n) is 7.68. The third kappa shape index (κ3) is 4.13. The van der Waals surface area contributed by atoms with Crippen LogP contribution in [0.1, 0.15) is 21.5 Å². The highest BCUT2D eigenvalue weighted by Crippen LogP contribution is 2.37. The number of hydrogen-bond donors (Lipinski definition) is 1. The Bertz CT molecular complexity index is 1210. The number of nitrogens with zero attached hydrogens (tertiary/aromatic N) is 3. The number of carbonyl (C=O) groups is 1. The summed E-state index contributed by atoms with van der Waals surface area (Å²) in [5, 5.41) is 5.15. The summed E-state index contributed by atoms with van der Waals surface area (Å²) >= 11 is 18.1. The van der Waals surface area contributed by atoms with E-state index in [1.165, 1.54) is 0 Å². The maximum atomic E-state index is 13.1. The minimum Gasteiger partial charge on any atom is -0.380 e. The molecule has 6 nitrogen and oxygen atoms in total. The van der Waals surface area contributed by atoms with Gasteiger partial charge in [0.25, 0.3) is 5.91 Å². The molecule has 1 fully saturated rings. The first-order valence-electron chi connectivity index (χ1n) is 10.0. The van der Waals surface area contributed by atoms with E-state index in [0.29, 0.717) is 17.8 Å². The van der Waals surface area contributed by atoms with Crippen molar-refractivity contribution in [3.63, 3.8) is 0 Å². The molecule has 1 aliphatic heterocycles. The van der Waals surface area contributed by atoms with E-state index in [0.717, 1.165) is 40.4 Å². The molecule has 1 saturated heterocycles. The molecule has 1 N–H and O–H groups in total. The molecule has 9 heteroatoms. The predicted molar refractivity (Wildman–Crippen MR) is 134 cm³/mol. The molecule has 0 saturated carbocycles. The van der Waals surface area contributed by atoms with Gasteiger partial charge < -0.3 is 19.9 Å². The van der Waals surface area contributed by atoms with Crippen LogP contribution in [-0.2, 0) is 11.3 Å². The van der Waals surface area contributed by atoms with Gasteiger partial charge in [0.15, 0.2) is 5.11 Å². The molecule has 0 spiro atoms. The zero-order chi connectivity index (χ0) is 23.0. The number of likely N-dealkylation sites (N-methyl/N-ethyl adjacent to an activating group) is 1. The molecule has 166 valence electrons. The molecule has 1 amide bonds. The van der Waals surface area contributed by atoms with Gasteiger partial charge in [-0.2, -0.15) is 0 Å². The third-order valence-electron chi connectivity index (χ3n) is 5.39. The number of aryl methyl sites for hydroxylation is 1. The van der Waals surface area contributed by atoms with Gasteiger partial charge in [-0.15, -0.1) is 0 Å². The number of thiocarbonyl (C=S) groups is 1. The number of fused-ring (bicyclic) bond motifs is 1. The molecule has 0 atom stereocenters. The summed E-state index contributed by atoms with van der Waals surface area (Å²) in [6.45, 7) is 3.95. The number of benzene rings is 2. The number of halogens is 2. The number of anilines is 2. The van der Waals surface area contributed by atoms with E-state index in [1.807, 2.05) is 24.9 Å². The van der Waals surface area contributed by atoms with E-state index in [4.69, 9.17) is 40.2 Å². The molecule has 0 unspecified atom stereocenters. The fourth-order valence-corrected chi connectivity index (χ4v) is 4.75. The normalized spacial score (nSPS) is 13.8. The van der Waals surface area contributed by atoms with Crippen LogP contribution >= 0.6 is 35.4 Å². The summed E-state index contributed by atoms with van der Waals surface area (Å²) in [5.74, 6) is -0.395. The van der Waals surface area contributed by atoms with Crippen molar-refractivity contribution in [2.45, 2.75) is 13.5 Å². The van der Waals surface area contributed by atoms with Gasteiger partial charge in [-0.1, -0.05) is 29.3 Å². The maximum Gasteiger partial charge on any atom is 0.258 e. The molecule has 1 aliphatic rings. The molecule has 4 rings (SSSR count). The van der Waals surface area contributed by atoms with Crippen molar-refractivity contribution in [2.75, 3.05) is 37.5 Å². The van der Waals surface area contributed by atoms with Gasteiger partial charge in [-0.25, -0.2) is 0 Å². The molecule has 3 aromatic rings. The van der Waals surface area contributed by atoms with Crippen LogP contribution in [0, 0.1) is 6.92 Å². The lowest BCUT2D eigenvalue weighted by atomic mass is 10.0. The average molecular weight is 489 g/mol. The van der Waals surface area contributed by atoms with E-state index in [-0.39, 0.29) is 15.6 Å². The lowest BCUT2D eigenvalue weighted by Gasteiger charge is -2.24. The number of ether oxygens (including phenoxy) is 1. The van der Waals surface area contributed by atoms with Gasteiger partial charge >= 0.3 is 0 Å². The van der Waals surface area contributed by atoms with Gasteiger partial charge in [0.1, 0.15) is 0 Å². The Morgan fingerprint density at radius 1 is 1.25 bits per heavy atom.